The van der Waals surface area contributed by atoms with Crippen LogP contribution in [0.3, 0.4) is 0 Å². The molecule has 2 amide bonds. The maximum absolute atomic E-state index is 13.5. The Labute approximate surface area is 204 Å². The first-order valence-electron chi connectivity index (χ1n) is 11.9. The summed E-state index contributed by atoms with van der Waals surface area (Å²) in [5, 5.41) is 27.6. The SMILES string of the molecule is Cc1cc(C#N)ccc1C1=CCN(C(=O)[C@H]2CCN(C(=NC#N)N3CCC3)C[C@@H]2C(=O)NO)CC1. The van der Waals surface area contributed by atoms with Crippen molar-refractivity contribution in [1.82, 2.24) is 20.2 Å². The van der Waals surface area contributed by atoms with Crippen molar-refractivity contribution in [3.63, 3.8) is 0 Å². The van der Waals surface area contributed by atoms with Gasteiger partial charge in [-0.1, -0.05) is 12.1 Å². The van der Waals surface area contributed by atoms with Gasteiger partial charge in [0, 0.05) is 39.3 Å². The van der Waals surface area contributed by atoms with Gasteiger partial charge in [0.15, 0.2) is 0 Å². The molecule has 3 aliphatic rings. The second kappa shape index (κ2) is 10.6. The molecule has 0 spiro atoms. The van der Waals surface area contributed by atoms with Crippen LogP contribution in [0.15, 0.2) is 29.3 Å². The first kappa shape index (κ1) is 24.2. The topological polar surface area (TPSA) is 136 Å². The van der Waals surface area contributed by atoms with Gasteiger partial charge in [0.2, 0.25) is 24.0 Å². The normalized spacial score (nSPS) is 22.5. The van der Waals surface area contributed by atoms with Crippen molar-refractivity contribution in [2.24, 2.45) is 16.8 Å². The Morgan fingerprint density at radius 3 is 2.49 bits per heavy atom. The summed E-state index contributed by atoms with van der Waals surface area (Å²) < 4.78 is 0. The van der Waals surface area contributed by atoms with Crippen molar-refractivity contribution in [3.8, 4) is 12.3 Å². The number of likely N-dealkylation sites (tertiary alicyclic amines) is 2. The van der Waals surface area contributed by atoms with E-state index in [9.17, 15) is 14.8 Å². The zero-order valence-corrected chi connectivity index (χ0v) is 19.8. The Balaban J connectivity index is 1.47. The number of carbonyl (C=O) groups excluding carboxylic acids is 2. The molecule has 35 heavy (non-hydrogen) atoms. The second-order valence-electron chi connectivity index (χ2n) is 9.18. The van der Waals surface area contributed by atoms with Crippen LogP contribution in [0.25, 0.3) is 5.57 Å². The number of hydrogen-bond donors (Lipinski definition) is 2. The van der Waals surface area contributed by atoms with E-state index in [1.54, 1.807) is 16.4 Å². The van der Waals surface area contributed by atoms with Crippen LogP contribution in [0.5, 0.6) is 0 Å². The van der Waals surface area contributed by atoms with Crippen LogP contribution in [-0.4, -0.2) is 76.9 Å². The van der Waals surface area contributed by atoms with Gasteiger partial charge in [-0.15, -0.1) is 4.99 Å². The van der Waals surface area contributed by atoms with Gasteiger partial charge in [-0.3, -0.25) is 14.8 Å². The minimum atomic E-state index is -0.752. The highest BCUT2D eigenvalue weighted by atomic mass is 16.5. The van der Waals surface area contributed by atoms with Gasteiger partial charge in [0.25, 0.3) is 0 Å². The van der Waals surface area contributed by atoms with E-state index in [1.807, 2.05) is 41.1 Å². The number of nitriles is 2. The van der Waals surface area contributed by atoms with Gasteiger partial charge < -0.3 is 14.7 Å². The maximum Gasteiger partial charge on any atom is 0.249 e. The summed E-state index contributed by atoms with van der Waals surface area (Å²) in [6.07, 6.45) is 6.01. The third-order valence-electron chi connectivity index (χ3n) is 7.17. The van der Waals surface area contributed by atoms with Crippen molar-refractivity contribution >= 4 is 23.3 Å². The van der Waals surface area contributed by atoms with E-state index in [2.05, 4.69) is 11.1 Å². The Kier molecular flexibility index (Phi) is 7.33. The van der Waals surface area contributed by atoms with Crippen LogP contribution in [0, 0.1) is 41.5 Å². The number of aliphatic imine (C=N–C) groups is 1. The zero-order valence-electron chi connectivity index (χ0n) is 19.8. The molecule has 0 aromatic heterocycles. The number of nitrogens with one attached hydrogen (secondary N) is 1. The lowest BCUT2D eigenvalue weighted by atomic mass is 9.83. The lowest BCUT2D eigenvalue weighted by molar-refractivity contribution is -0.147. The van der Waals surface area contributed by atoms with Crippen LogP contribution in [0.4, 0.5) is 0 Å². The van der Waals surface area contributed by atoms with Gasteiger partial charge in [0.1, 0.15) is 0 Å². The summed E-state index contributed by atoms with van der Waals surface area (Å²) in [5.41, 5.74) is 5.60. The Bertz CT molecular complexity index is 1140. The molecule has 0 radical (unpaired) electrons. The van der Waals surface area contributed by atoms with Crippen molar-refractivity contribution < 1.29 is 14.8 Å². The van der Waals surface area contributed by atoms with Crippen molar-refractivity contribution in [1.29, 1.82) is 10.5 Å². The van der Waals surface area contributed by atoms with E-state index >= 15 is 0 Å². The standard InChI is InChI=1S/C25H29N7O3/c1-17-13-18(14-26)3-4-20(17)19-5-10-30(11-6-19)24(34)21-7-12-32(15-22(21)23(33)29-35)25(28-16-27)31-8-2-9-31/h3-5,13,21-22,35H,2,6-12,15H2,1H3,(H,29,33)/t21-,22-/m0/s1. The smallest absolute Gasteiger partial charge is 0.249 e. The summed E-state index contributed by atoms with van der Waals surface area (Å²) in [6.45, 7) is 5.27. The van der Waals surface area contributed by atoms with E-state index < -0.39 is 17.7 Å². The molecule has 0 bridgehead atoms. The Morgan fingerprint density at radius 2 is 1.91 bits per heavy atom. The van der Waals surface area contributed by atoms with Gasteiger partial charge in [0.05, 0.1) is 23.5 Å². The molecule has 2 atom stereocenters. The summed E-state index contributed by atoms with van der Waals surface area (Å²) in [4.78, 5) is 35.6. The predicted molar refractivity (Wildman–Crippen MR) is 127 cm³/mol. The fraction of sp³-hybridized carbons (Fsp3) is 0.480. The molecule has 2 N–H and O–H groups in total. The number of amides is 2. The number of rotatable bonds is 3. The van der Waals surface area contributed by atoms with E-state index in [0.717, 1.165) is 36.2 Å². The highest BCUT2D eigenvalue weighted by Crippen LogP contribution is 2.31. The molecule has 0 saturated carbocycles. The number of nitrogens with zero attached hydrogens (tertiary/aromatic N) is 6. The largest absolute Gasteiger partial charge is 0.342 e. The van der Waals surface area contributed by atoms with Crippen LogP contribution in [0.2, 0.25) is 0 Å². The molecule has 1 aromatic carbocycles. The average Bonchev–Trinajstić information content (AvgIpc) is 2.86. The molecule has 4 rings (SSSR count). The van der Waals surface area contributed by atoms with E-state index in [0.29, 0.717) is 44.0 Å². The van der Waals surface area contributed by atoms with E-state index in [-0.39, 0.29) is 12.5 Å². The quantitative estimate of drug-likeness (QED) is 0.222. The molecule has 2 saturated heterocycles. The molecular formula is C25H29N7O3. The van der Waals surface area contributed by atoms with Crippen LogP contribution in [0.1, 0.15) is 36.0 Å². The first-order chi connectivity index (χ1) is 17.0. The minimum Gasteiger partial charge on any atom is -0.342 e. The summed E-state index contributed by atoms with van der Waals surface area (Å²) in [7, 11) is 0. The van der Waals surface area contributed by atoms with Crippen LogP contribution in [-0.2, 0) is 9.59 Å². The minimum absolute atomic E-state index is 0.104. The monoisotopic (exact) mass is 475 g/mol. The third-order valence-corrected chi connectivity index (χ3v) is 7.17. The molecule has 3 aliphatic heterocycles. The lowest BCUT2D eigenvalue weighted by Crippen LogP contribution is -2.58. The molecule has 0 aliphatic carbocycles. The van der Waals surface area contributed by atoms with Crippen LogP contribution >= 0.6 is 0 Å². The van der Waals surface area contributed by atoms with Crippen molar-refractivity contribution in [2.75, 3.05) is 39.3 Å². The van der Waals surface area contributed by atoms with Crippen molar-refractivity contribution in [2.45, 2.75) is 26.2 Å². The highest BCUT2D eigenvalue weighted by molar-refractivity contribution is 5.90. The number of aryl methyl sites for hydroxylation is 1. The first-order valence-corrected chi connectivity index (χ1v) is 11.9. The highest BCUT2D eigenvalue weighted by Gasteiger charge is 2.42. The fourth-order valence-corrected chi connectivity index (χ4v) is 5.12. The Hall–Kier alpha value is -3.89. The predicted octanol–water partition coefficient (Wildman–Crippen LogP) is 1.47. The van der Waals surface area contributed by atoms with Crippen LogP contribution < -0.4 is 5.48 Å². The molecule has 10 nitrogen and oxygen atoms in total. The average molecular weight is 476 g/mol. The van der Waals surface area contributed by atoms with Crippen molar-refractivity contribution in [3.05, 3.63) is 41.0 Å². The van der Waals surface area contributed by atoms with E-state index in [4.69, 9.17) is 10.5 Å². The number of hydrogen-bond acceptors (Lipinski definition) is 6. The third kappa shape index (κ3) is 4.98. The maximum atomic E-state index is 13.5. The molecular weight excluding hydrogens is 446 g/mol. The number of carbonyl (C=O) groups is 2. The van der Waals surface area contributed by atoms with Gasteiger partial charge in [-0.2, -0.15) is 10.5 Å². The summed E-state index contributed by atoms with van der Waals surface area (Å²) >= 11 is 0. The second-order valence-corrected chi connectivity index (χ2v) is 9.18. The molecule has 0 unspecified atom stereocenters. The van der Waals surface area contributed by atoms with Gasteiger partial charge >= 0.3 is 0 Å². The summed E-state index contributed by atoms with van der Waals surface area (Å²) in [6, 6.07) is 7.77. The molecule has 10 heteroatoms. The molecule has 2 fully saturated rings. The summed E-state index contributed by atoms with van der Waals surface area (Å²) in [5.74, 6) is -1.49. The zero-order chi connectivity index (χ0) is 24.9. The number of hydroxylamine groups is 1. The van der Waals surface area contributed by atoms with Gasteiger partial charge in [-0.05, 0) is 55.0 Å². The number of benzene rings is 1. The molecule has 1 aromatic rings. The van der Waals surface area contributed by atoms with E-state index in [1.165, 1.54) is 0 Å². The van der Waals surface area contributed by atoms with Gasteiger partial charge in [-0.25, -0.2) is 5.48 Å². The number of piperidine rings is 1. The Morgan fingerprint density at radius 1 is 1.11 bits per heavy atom. The fourth-order valence-electron chi connectivity index (χ4n) is 5.12. The lowest BCUT2D eigenvalue weighted by Gasteiger charge is -2.44. The number of guanidine groups is 1. The molecule has 3 heterocycles. The molecule has 182 valence electrons.